The van der Waals surface area contributed by atoms with Crippen molar-refractivity contribution < 1.29 is 14.6 Å². The van der Waals surface area contributed by atoms with E-state index in [1.54, 1.807) is 12.4 Å². The van der Waals surface area contributed by atoms with Gasteiger partial charge in [0, 0.05) is 43.6 Å². The molecule has 1 aromatic carbocycles. The molecule has 2 N–H and O–H groups in total. The highest BCUT2D eigenvalue weighted by Gasteiger charge is 2.19. The third-order valence-corrected chi connectivity index (χ3v) is 4.65. The predicted molar refractivity (Wildman–Crippen MR) is 103 cm³/mol. The van der Waals surface area contributed by atoms with E-state index in [1.807, 2.05) is 30.3 Å². The number of hydrogen-bond acceptors (Lipinski definition) is 6. The number of anilines is 2. The van der Waals surface area contributed by atoms with Crippen molar-refractivity contribution >= 4 is 28.2 Å². The molecule has 1 saturated heterocycles. The Bertz CT molecular complexity index is 956. The fourth-order valence-electron chi connectivity index (χ4n) is 3.31. The minimum Gasteiger partial charge on any atom is -0.478 e. The summed E-state index contributed by atoms with van der Waals surface area (Å²) in [6.45, 7) is 3.42. The number of carboxylic acids is 1. The molecule has 7 nitrogen and oxygen atoms in total. The summed E-state index contributed by atoms with van der Waals surface area (Å²) in [6.07, 6.45) is 4.90. The van der Waals surface area contributed by atoms with E-state index < -0.39 is 5.97 Å². The van der Waals surface area contributed by atoms with Crippen LogP contribution >= 0.6 is 0 Å². The lowest BCUT2D eigenvalue weighted by molar-refractivity contribution is 0.0697. The number of morpholine rings is 1. The van der Waals surface area contributed by atoms with Crippen molar-refractivity contribution in [3.63, 3.8) is 0 Å². The fraction of sp³-hybridized carbons (Fsp3) is 0.250. The number of hydrogen-bond donors (Lipinski definition) is 2. The Kier molecular flexibility index (Phi) is 4.84. The van der Waals surface area contributed by atoms with Gasteiger partial charge in [-0.25, -0.2) is 4.79 Å². The standard InChI is InChI=1S/C20H20N4O3/c25-20(26)16-13-23-19-15(18(16)22-12-14-3-2-6-21-11-14)4-1-5-17(19)24-7-9-27-10-8-24/h1-6,11,13H,7-10,12H2,(H,22,23)(H,25,26). The number of aromatic carboxylic acids is 1. The first-order valence-electron chi connectivity index (χ1n) is 8.84. The SMILES string of the molecule is O=C(O)c1cnc2c(N3CCOCC3)cccc2c1NCc1cccnc1. The number of para-hydroxylation sites is 1. The van der Waals surface area contributed by atoms with Gasteiger partial charge in [0.15, 0.2) is 0 Å². The van der Waals surface area contributed by atoms with E-state index in [2.05, 4.69) is 20.2 Å². The molecule has 0 bridgehead atoms. The van der Waals surface area contributed by atoms with Crippen LogP contribution in [0.4, 0.5) is 11.4 Å². The number of nitrogens with zero attached hydrogens (tertiary/aromatic N) is 3. The Morgan fingerprint density at radius 3 is 2.78 bits per heavy atom. The fourth-order valence-corrected chi connectivity index (χ4v) is 3.31. The summed E-state index contributed by atoms with van der Waals surface area (Å²) < 4.78 is 5.44. The molecule has 27 heavy (non-hydrogen) atoms. The summed E-state index contributed by atoms with van der Waals surface area (Å²) in [5, 5.41) is 13.7. The van der Waals surface area contributed by atoms with Gasteiger partial charge in [-0.05, 0) is 17.7 Å². The number of rotatable bonds is 5. The van der Waals surface area contributed by atoms with Gasteiger partial charge in [0.25, 0.3) is 0 Å². The first-order valence-corrected chi connectivity index (χ1v) is 8.84. The van der Waals surface area contributed by atoms with Crippen molar-refractivity contribution in [3.8, 4) is 0 Å². The molecular weight excluding hydrogens is 344 g/mol. The molecule has 3 heterocycles. The number of carboxylic acid groups (broad SMARTS) is 1. The van der Waals surface area contributed by atoms with Gasteiger partial charge in [-0.3, -0.25) is 9.97 Å². The highest BCUT2D eigenvalue weighted by molar-refractivity contribution is 6.07. The Morgan fingerprint density at radius 2 is 2.04 bits per heavy atom. The second-order valence-corrected chi connectivity index (χ2v) is 6.34. The van der Waals surface area contributed by atoms with Crippen molar-refractivity contribution in [1.82, 2.24) is 9.97 Å². The quantitative estimate of drug-likeness (QED) is 0.720. The van der Waals surface area contributed by atoms with E-state index >= 15 is 0 Å². The number of aromatic nitrogens is 2. The second kappa shape index (κ2) is 7.59. The first-order chi connectivity index (χ1) is 13.2. The van der Waals surface area contributed by atoms with Crippen molar-refractivity contribution in [2.75, 3.05) is 36.5 Å². The monoisotopic (exact) mass is 364 g/mol. The molecule has 4 rings (SSSR count). The summed E-state index contributed by atoms with van der Waals surface area (Å²) in [6, 6.07) is 9.67. The van der Waals surface area contributed by atoms with Gasteiger partial charge < -0.3 is 20.1 Å². The van der Waals surface area contributed by atoms with Crippen molar-refractivity contribution in [2.24, 2.45) is 0 Å². The number of carbonyl (C=O) groups is 1. The normalized spacial score (nSPS) is 14.3. The maximum Gasteiger partial charge on any atom is 0.339 e. The predicted octanol–water partition coefficient (Wildman–Crippen LogP) is 2.78. The molecule has 7 heteroatoms. The van der Waals surface area contributed by atoms with E-state index in [-0.39, 0.29) is 5.56 Å². The third-order valence-electron chi connectivity index (χ3n) is 4.65. The molecule has 1 aliphatic heterocycles. The first kappa shape index (κ1) is 17.2. The zero-order valence-corrected chi connectivity index (χ0v) is 14.8. The van der Waals surface area contributed by atoms with Crippen molar-refractivity contribution in [3.05, 3.63) is 60.0 Å². The van der Waals surface area contributed by atoms with Crippen LogP contribution in [0.1, 0.15) is 15.9 Å². The molecule has 2 aromatic heterocycles. The van der Waals surface area contributed by atoms with E-state index in [1.165, 1.54) is 6.20 Å². The maximum atomic E-state index is 11.7. The maximum absolute atomic E-state index is 11.7. The van der Waals surface area contributed by atoms with Crippen LogP contribution in [0.3, 0.4) is 0 Å². The molecule has 1 fully saturated rings. The zero-order chi connectivity index (χ0) is 18.6. The van der Waals surface area contributed by atoms with Crippen LogP contribution in [0.15, 0.2) is 48.9 Å². The van der Waals surface area contributed by atoms with Crippen molar-refractivity contribution in [2.45, 2.75) is 6.54 Å². The number of ether oxygens (including phenoxy) is 1. The summed E-state index contributed by atoms with van der Waals surface area (Å²) in [5.41, 5.74) is 3.50. The molecule has 1 aliphatic rings. The van der Waals surface area contributed by atoms with E-state index in [4.69, 9.17) is 4.74 Å². The Hall–Kier alpha value is -3.19. The lowest BCUT2D eigenvalue weighted by Gasteiger charge is -2.29. The topological polar surface area (TPSA) is 87.6 Å². The molecule has 0 spiro atoms. The summed E-state index contributed by atoms with van der Waals surface area (Å²) in [7, 11) is 0. The van der Waals surface area contributed by atoms with Crippen LogP contribution in [0.25, 0.3) is 10.9 Å². The average molecular weight is 364 g/mol. The van der Waals surface area contributed by atoms with Crippen LogP contribution < -0.4 is 10.2 Å². The van der Waals surface area contributed by atoms with E-state index in [0.717, 1.165) is 35.2 Å². The molecule has 0 radical (unpaired) electrons. The summed E-state index contributed by atoms with van der Waals surface area (Å²) in [4.78, 5) is 22.6. The second-order valence-electron chi connectivity index (χ2n) is 6.34. The van der Waals surface area contributed by atoms with Crippen LogP contribution in [0.5, 0.6) is 0 Å². The van der Waals surface area contributed by atoms with Crippen molar-refractivity contribution in [1.29, 1.82) is 0 Å². The van der Waals surface area contributed by atoms with Gasteiger partial charge in [-0.15, -0.1) is 0 Å². The van der Waals surface area contributed by atoms with Gasteiger partial charge in [-0.2, -0.15) is 0 Å². The minimum absolute atomic E-state index is 0.158. The molecule has 0 unspecified atom stereocenters. The smallest absolute Gasteiger partial charge is 0.339 e. The van der Waals surface area contributed by atoms with E-state index in [9.17, 15) is 9.90 Å². The molecule has 0 saturated carbocycles. The average Bonchev–Trinajstić information content (AvgIpc) is 2.72. The number of fused-ring (bicyclic) bond motifs is 1. The van der Waals surface area contributed by atoms with Gasteiger partial charge in [0.2, 0.25) is 0 Å². The Morgan fingerprint density at radius 1 is 1.19 bits per heavy atom. The number of nitrogens with one attached hydrogen (secondary N) is 1. The lowest BCUT2D eigenvalue weighted by atomic mass is 10.1. The van der Waals surface area contributed by atoms with E-state index in [0.29, 0.717) is 25.4 Å². The molecule has 0 amide bonds. The molecule has 138 valence electrons. The molecular formula is C20H20N4O3. The lowest BCUT2D eigenvalue weighted by Crippen LogP contribution is -2.36. The highest BCUT2D eigenvalue weighted by atomic mass is 16.5. The Labute approximate surface area is 156 Å². The summed E-state index contributed by atoms with van der Waals surface area (Å²) in [5.74, 6) is -1.00. The zero-order valence-electron chi connectivity index (χ0n) is 14.8. The van der Waals surface area contributed by atoms with Crippen LogP contribution in [0, 0.1) is 0 Å². The highest BCUT2D eigenvalue weighted by Crippen LogP contribution is 2.33. The third kappa shape index (κ3) is 3.54. The Balaban J connectivity index is 1.77. The molecule has 0 aliphatic carbocycles. The molecule has 0 atom stereocenters. The molecule has 3 aromatic rings. The van der Waals surface area contributed by atoms with Crippen LogP contribution in [-0.2, 0) is 11.3 Å². The van der Waals surface area contributed by atoms with Crippen LogP contribution in [0.2, 0.25) is 0 Å². The summed E-state index contributed by atoms with van der Waals surface area (Å²) >= 11 is 0. The van der Waals surface area contributed by atoms with Gasteiger partial charge in [0.1, 0.15) is 5.56 Å². The van der Waals surface area contributed by atoms with Gasteiger partial charge >= 0.3 is 5.97 Å². The largest absolute Gasteiger partial charge is 0.478 e. The minimum atomic E-state index is -1.00. The van der Waals surface area contributed by atoms with Gasteiger partial charge in [-0.1, -0.05) is 18.2 Å². The number of pyridine rings is 2. The van der Waals surface area contributed by atoms with Crippen LogP contribution in [-0.4, -0.2) is 47.3 Å². The van der Waals surface area contributed by atoms with Gasteiger partial charge in [0.05, 0.1) is 30.1 Å². The number of benzene rings is 1.